The maximum atomic E-state index is 13.2. The number of aromatic nitrogens is 3. The lowest BCUT2D eigenvalue weighted by atomic mass is 10.0. The molecular formula is C23H23N5O4S. The molecule has 1 amide bonds. The minimum absolute atomic E-state index is 0.107. The molecule has 10 heteroatoms. The first-order valence-electron chi connectivity index (χ1n) is 10.4. The Morgan fingerprint density at radius 3 is 2.64 bits per heavy atom. The zero-order valence-electron chi connectivity index (χ0n) is 18.2. The maximum Gasteiger partial charge on any atom is 0.270 e. The predicted octanol–water partition coefficient (Wildman–Crippen LogP) is 2.56. The molecule has 0 unspecified atom stereocenters. The quantitative estimate of drug-likeness (QED) is 0.481. The van der Waals surface area contributed by atoms with E-state index in [0.29, 0.717) is 19.7 Å². The van der Waals surface area contributed by atoms with Gasteiger partial charge in [0.05, 0.1) is 17.6 Å². The van der Waals surface area contributed by atoms with E-state index >= 15 is 0 Å². The molecule has 1 aliphatic rings. The number of imidazole rings is 1. The number of carbonyl (C=O) groups excluding carboxylic acids is 1. The van der Waals surface area contributed by atoms with E-state index in [1.165, 1.54) is 23.7 Å². The van der Waals surface area contributed by atoms with Crippen LogP contribution >= 0.6 is 0 Å². The fourth-order valence-corrected chi connectivity index (χ4v) is 4.96. The first-order valence-corrected chi connectivity index (χ1v) is 12.0. The second kappa shape index (κ2) is 7.75. The molecule has 0 saturated carbocycles. The van der Waals surface area contributed by atoms with Crippen LogP contribution in [0.2, 0.25) is 0 Å². The van der Waals surface area contributed by atoms with Crippen LogP contribution in [-0.4, -0.2) is 46.9 Å². The van der Waals surface area contributed by atoms with E-state index in [0.717, 1.165) is 39.3 Å². The van der Waals surface area contributed by atoms with Crippen molar-refractivity contribution >= 4 is 27.0 Å². The van der Waals surface area contributed by atoms with Crippen LogP contribution in [0.1, 0.15) is 21.9 Å². The molecule has 5 rings (SSSR count). The van der Waals surface area contributed by atoms with Crippen molar-refractivity contribution < 1.29 is 17.9 Å². The van der Waals surface area contributed by atoms with E-state index < -0.39 is 10.0 Å². The van der Waals surface area contributed by atoms with E-state index in [1.54, 1.807) is 4.90 Å². The average molecular weight is 466 g/mol. The molecule has 0 spiro atoms. The van der Waals surface area contributed by atoms with Gasteiger partial charge in [-0.15, -0.1) is 0 Å². The van der Waals surface area contributed by atoms with Crippen molar-refractivity contribution in [3.05, 3.63) is 65.6 Å². The molecule has 0 atom stereocenters. The van der Waals surface area contributed by atoms with Gasteiger partial charge in [0.25, 0.3) is 15.9 Å². The number of amides is 1. The number of primary sulfonamides is 1. The summed E-state index contributed by atoms with van der Waals surface area (Å²) in [5, 5.41) is 5.14. The summed E-state index contributed by atoms with van der Waals surface area (Å²) >= 11 is 0. The van der Waals surface area contributed by atoms with Crippen LogP contribution in [0.4, 0.5) is 0 Å². The molecule has 1 aliphatic heterocycles. The number of aromatic amines is 1. The lowest BCUT2D eigenvalue weighted by Gasteiger charge is -2.20. The number of hydrogen-bond donors (Lipinski definition) is 2. The Morgan fingerprint density at radius 1 is 1.12 bits per heavy atom. The standard InChI is InChI=1S/C23H23N5O4S/c1-14-25-18-5-3-16(12-19(18)26-14)15-4-7-21-17(11-15)13-28(9-10-32-21)23(29)20-6-8-22(27(20)2)33(24,30)31/h3-8,11-12H,9-10,13H2,1-2H3,(H,25,26)(H2,24,30,31). The largest absolute Gasteiger partial charge is 0.491 e. The van der Waals surface area contributed by atoms with Crippen LogP contribution in [0.5, 0.6) is 5.75 Å². The van der Waals surface area contributed by atoms with Crippen molar-refractivity contribution in [3.8, 4) is 16.9 Å². The number of nitrogens with zero attached hydrogens (tertiary/aromatic N) is 3. The number of aryl methyl sites for hydroxylation is 1. The van der Waals surface area contributed by atoms with E-state index in [-0.39, 0.29) is 16.6 Å². The minimum Gasteiger partial charge on any atom is -0.491 e. The van der Waals surface area contributed by atoms with Gasteiger partial charge >= 0.3 is 0 Å². The van der Waals surface area contributed by atoms with Gasteiger partial charge in [-0.25, -0.2) is 18.5 Å². The number of sulfonamides is 1. The van der Waals surface area contributed by atoms with Crippen molar-refractivity contribution in [1.29, 1.82) is 0 Å². The topological polar surface area (TPSA) is 123 Å². The monoisotopic (exact) mass is 465 g/mol. The molecule has 0 saturated heterocycles. The minimum atomic E-state index is -3.92. The maximum absolute atomic E-state index is 13.2. The fraction of sp³-hybridized carbons (Fsp3) is 0.217. The second-order valence-corrected chi connectivity index (χ2v) is 9.62. The molecule has 3 N–H and O–H groups in total. The SMILES string of the molecule is Cc1nc2ccc(-c3ccc4c(c3)CN(C(=O)c3ccc(S(N)(=O)=O)n3C)CCO4)cc2[nH]1. The second-order valence-electron chi connectivity index (χ2n) is 8.11. The number of nitrogens with two attached hydrogens (primary N) is 1. The summed E-state index contributed by atoms with van der Waals surface area (Å²) in [4.78, 5) is 22.6. The predicted molar refractivity (Wildman–Crippen MR) is 123 cm³/mol. The Labute approximate surface area is 190 Å². The van der Waals surface area contributed by atoms with Crippen molar-refractivity contribution in [2.75, 3.05) is 13.2 Å². The summed E-state index contributed by atoms with van der Waals surface area (Å²) in [6.07, 6.45) is 0. The fourth-order valence-electron chi connectivity index (χ4n) is 4.22. The Kier molecular flexibility index (Phi) is 4.98. The molecule has 2 aromatic carbocycles. The lowest BCUT2D eigenvalue weighted by Crippen LogP contribution is -2.34. The van der Waals surface area contributed by atoms with Crippen molar-refractivity contribution in [2.45, 2.75) is 18.5 Å². The van der Waals surface area contributed by atoms with Gasteiger partial charge in [0.2, 0.25) is 0 Å². The molecule has 33 heavy (non-hydrogen) atoms. The van der Waals surface area contributed by atoms with Gasteiger partial charge in [0, 0.05) is 19.2 Å². The summed E-state index contributed by atoms with van der Waals surface area (Å²) in [5.41, 5.74) is 5.02. The summed E-state index contributed by atoms with van der Waals surface area (Å²) < 4.78 is 30.7. The molecule has 0 radical (unpaired) electrons. The smallest absolute Gasteiger partial charge is 0.270 e. The van der Waals surface area contributed by atoms with Gasteiger partial charge in [-0.05, 0) is 54.4 Å². The zero-order valence-corrected chi connectivity index (χ0v) is 19.0. The van der Waals surface area contributed by atoms with Crippen LogP contribution in [0.3, 0.4) is 0 Å². The lowest BCUT2D eigenvalue weighted by molar-refractivity contribution is 0.0722. The van der Waals surface area contributed by atoms with Crippen LogP contribution in [0.25, 0.3) is 22.2 Å². The van der Waals surface area contributed by atoms with Crippen LogP contribution in [0, 0.1) is 6.92 Å². The molecule has 4 aromatic rings. The molecular weight excluding hydrogens is 442 g/mol. The highest BCUT2D eigenvalue weighted by atomic mass is 32.2. The highest BCUT2D eigenvalue weighted by Crippen LogP contribution is 2.31. The Bertz CT molecular complexity index is 1500. The molecule has 0 aliphatic carbocycles. The van der Waals surface area contributed by atoms with Crippen molar-refractivity contribution in [2.24, 2.45) is 12.2 Å². The molecule has 0 bridgehead atoms. The van der Waals surface area contributed by atoms with Crippen LogP contribution in [-0.2, 0) is 23.6 Å². The molecule has 2 aromatic heterocycles. The number of fused-ring (bicyclic) bond motifs is 2. The summed E-state index contributed by atoms with van der Waals surface area (Å²) in [6, 6.07) is 14.8. The highest BCUT2D eigenvalue weighted by Gasteiger charge is 2.25. The third kappa shape index (κ3) is 3.87. The number of nitrogens with one attached hydrogen (secondary N) is 1. The Balaban J connectivity index is 1.47. The third-order valence-corrected chi connectivity index (χ3v) is 6.84. The van der Waals surface area contributed by atoms with Crippen LogP contribution in [0.15, 0.2) is 53.6 Å². The van der Waals surface area contributed by atoms with Crippen LogP contribution < -0.4 is 9.88 Å². The molecule has 170 valence electrons. The third-order valence-electron chi connectivity index (χ3n) is 5.85. The van der Waals surface area contributed by atoms with Gasteiger partial charge in [0.1, 0.15) is 23.9 Å². The van der Waals surface area contributed by atoms with E-state index in [9.17, 15) is 13.2 Å². The Hall–Kier alpha value is -3.63. The number of hydrogen-bond acceptors (Lipinski definition) is 5. The number of rotatable bonds is 3. The molecule has 0 fully saturated rings. The molecule has 9 nitrogen and oxygen atoms in total. The molecule has 3 heterocycles. The van der Waals surface area contributed by atoms with Gasteiger partial charge in [-0.2, -0.15) is 0 Å². The van der Waals surface area contributed by atoms with Gasteiger partial charge in [0.15, 0.2) is 5.03 Å². The van der Waals surface area contributed by atoms with E-state index in [1.807, 2.05) is 37.3 Å². The zero-order chi connectivity index (χ0) is 23.3. The number of carbonyl (C=O) groups is 1. The van der Waals surface area contributed by atoms with Gasteiger partial charge in [-0.3, -0.25) is 4.79 Å². The average Bonchev–Trinajstić information content (AvgIpc) is 3.26. The van der Waals surface area contributed by atoms with Crippen molar-refractivity contribution in [1.82, 2.24) is 19.4 Å². The van der Waals surface area contributed by atoms with Crippen molar-refractivity contribution in [3.63, 3.8) is 0 Å². The number of H-pyrrole nitrogens is 1. The number of ether oxygens (including phenoxy) is 1. The first-order chi connectivity index (χ1) is 15.7. The summed E-state index contributed by atoms with van der Waals surface area (Å²) in [5.74, 6) is 1.30. The van der Waals surface area contributed by atoms with Gasteiger partial charge in [-0.1, -0.05) is 12.1 Å². The normalized spacial score (nSPS) is 14.1. The number of benzene rings is 2. The first kappa shape index (κ1) is 21.2. The Morgan fingerprint density at radius 2 is 1.88 bits per heavy atom. The van der Waals surface area contributed by atoms with E-state index in [2.05, 4.69) is 16.0 Å². The van der Waals surface area contributed by atoms with Gasteiger partial charge < -0.3 is 19.2 Å². The summed E-state index contributed by atoms with van der Waals surface area (Å²) in [6.45, 7) is 2.97. The highest BCUT2D eigenvalue weighted by molar-refractivity contribution is 7.89. The summed E-state index contributed by atoms with van der Waals surface area (Å²) in [7, 11) is -2.41. The van der Waals surface area contributed by atoms with E-state index in [4.69, 9.17) is 9.88 Å².